The molecule has 0 saturated carbocycles. The SMILES string of the molecule is OS1(O)CC(Sc2ccc(Cl)c(Cl)c2)c2ccccc21. The summed E-state index contributed by atoms with van der Waals surface area (Å²) in [7, 11) is -2.67. The molecule has 1 aliphatic heterocycles. The van der Waals surface area contributed by atoms with Gasteiger partial charge in [-0.25, -0.2) is 0 Å². The zero-order valence-electron chi connectivity index (χ0n) is 10.3. The van der Waals surface area contributed by atoms with Crippen molar-refractivity contribution in [2.24, 2.45) is 0 Å². The molecule has 3 rings (SSSR count). The molecule has 2 aromatic rings. The van der Waals surface area contributed by atoms with Gasteiger partial charge in [0, 0.05) is 4.90 Å². The number of hydrogen-bond acceptors (Lipinski definition) is 3. The molecule has 1 unspecified atom stereocenters. The maximum absolute atomic E-state index is 10.2. The van der Waals surface area contributed by atoms with E-state index in [-0.39, 0.29) is 5.25 Å². The summed E-state index contributed by atoms with van der Waals surface area (Å²) in [5, 5.41) is 1.05. The summed E-state index contributed by atoms with van der Waals surface area (Å²) in [6, 6.07) is 12.9. The molecule has 0 saturated heterocycles. The van der Waals surface area contributed by atoms with Gasteiger partial charge in [0.2, 0.25) is 0 Å². The lowest BCUT2D eigenvalue weighted by Gasteiger charge is -2.27. The van der Waals surface area contributed by atoms with Gasteiger partial charge in [-0.2, -0.15) is 10.6 Å². The van der Waals surface area contributed by atoms with Gasteiger partial charge in [0.05, 0.1) is 25.9 Å². The summed E-state index contributed by atoms with van der Waals surface area (Å²) in [5.41, 5.74) is 0.989. The molecule has 0 radical (unpaired) electrons. The van der Waals surface area contributed by atoms with Crippen molar-refractivity contribution < 1.29 is 9.11 Å². The summed E-state index contributed by atoms with van der Waals surface area (Å²) in [5.74, 6) is 0.345. The molecular formula is C14H12Cl2O2S2. The zero-order valence-corrected chi connectivity index (χ0v) is 13.4. The van der Waals surface area contributed by atoms with Crippen LogP contribution >= 0.6 is 45.6 Å². The molecule has 1 atom stereocenters. The Labute approximate surface area is 133 Å². The monoisotopic (exact) mass is 346 g/mol. The molecule has 0 aliphatic carbocycles. The van der Waals surface area contributed by atoms with E-state index in [2.05, 4.69) is 0 Å². The Hall–Kier alpha value is -0.360. The van der Waals surface area contributed by atoms with Gasteiger partial charge >= 0.3 is 0 Å². The van der Waals surface area contributed by atoms with Crippen LogP contribution in [0.4, 0.5) is 0 Å². The minimum atomic E-state index is -2.67. The van der Waals surface area contributed by atoms with Gasteiger partial charge in [0.15, 0.2) is 0 Å². The molecule has 0 amide bonds. The third-order valence-corrected chi connectivity index (χ3v) is 7.23. The second-order valence-electron chi connectivity index (χ2n) is 4.55. The van der Waals surface area contributed by atoms with Crippen LogP contribution in [0.25, 0.3) is 0 Å². The van der Waals surface area contributed by atoms with E-state index in [1.54, 1.807) is 30.0 Å². The van der Waals surface area contributed by atoms with Gasteiger partial charge in [0.1, 0.15) is 0 Å². The molecule has 20 heavy (non-hydrogen) atoms. The van der Waals surface area contributed by atoms with Crippen molar-refractivity contribution in [3.05, 3.63) is 58.1 Å². The molecule has 0 aromatic heterocycles. The lowest BCUT2D eigenvalue weighted by Crippen LogP contribution is -1.98. The van der Waals surface area contributed by atoms with Crippen LogP contribution in [0.3, 0.4) is 0 Å². The fourth-order valence-electron chi connectivity index (χ4n) is 2.25. The Balaban J connectivity index is 1.91. The quantitative estimate of drug-likeness (QED) is 0.705. The first-order chi connectivity index (χ1) is 9.47. The van der Waals surface area contributed by atoms with Gasteiger partial charge in [-0.05, 0) is 29.8 Å². The van der Waals surface area contributed by atoms with Gasteiger partial charge < -0.3 is 0 Å². The third-order valence-electron chi connectivity index (χ3n) is 3.17. The average molecular weight is 347 g/mol. The molecule has 6 heteroatoms. The Morgan fingerprint density at radius 2 is 1.80 bits per heavy atom. The lowest BCUT2D eigenvalue weighted by molar-refractivity contribution is 0.492. The van der Waals surface area contributed by atoms with Crippen molar-refractivity contribution in [1.29, 1.82) is 0 Å². The normalized spacial score (nSPS) is 21.5. The highest BCUT2D eigenvalue weighted by molar-refractivity contribution is 8.25. The standard InChI is InChI=1S/C14H12Cl2O2S2/c15-11-6-5-9(7-12(11)16)19-13-8-20(17,18)14-4-2-1-3-10(13)14/h1-7,13,17-18H,8H2. The maximum Gasteiger partial charge on any atom is 0.0628 e. The van der Waals surface area contributed by atoms with E-state index in [9.17, 15) is 9.11 Å². The molecule has 0 fully saturated rings. The Morgan fingerprint density at radius 3 is 2.55 bits per heavy atom. The second kappa shape index (κ2) is 5.44. The van der Waals surface area contributed by atoms with Crippen LogP contribution < -0.4 is 0 Å². The number of benzene rings is 2. The van der Waals surface area contributed by atoms with E-state index in [0.717, 1.165) is 10.5 Å². The number of rotatable bonds is 2. The first-order valence-corrected chi connectivity index (χ1v) is 9.29. The van der Waals surface area contributed by atoms with Gasteiger partial charge in [-0.3, -0.25) is 9.11 Å². The number of halogens is 2. The Kier molecular flexibility index (Phi) is 3.97. The van der Waals surface area contributed by atoms with Crippen molar-refractivity contribution in [2.45, 2.75) is 15.0 Å². The molecule has 2 N–H and O–H groups in total. The summed E-state index contributed by atoms with van der Waals surface area (Å²) >= 11 is 13.5. The highest BCUT2D eigenvalue weighted by atomic mass is 35.5. The van der Waals surface area contributed by atoms with Crippen molar-refractivity contribution in [3.63, 3.8) is 0 Å². The number of hydrogen-bond donors (Lipinski definition) is 2. The van der Waals surface area contributed by atoms with Crippen molar-refractivity contribution in [1.82, 2.24) is 0 Å². The molecule has 106 valence electrons. The molecule has 1 heterocycles. The number of thioether (sulfide) groups is 1. The first-order valence-electron chi connectivity index (χ1n) is 5.94. The van der Waals surface area contributed by atoms with E-state index < -0.39 is 10.6 Å². The largest absolute Gasteiger partial charge is 0.295 e. The van der Waals surface area contributed by atoms with Crippen molar-refractivity contribution in [3.8, 4) is 0 Å². The topological polar surface area (TPSA) is 40.5 Å². The van der Waals surface area contributed by atoms with E-state index in [1.807, 2.05) is 24.3 Å². The van der Waals surface area contributed by atoms with E-state index in [4.69, 9.17) is 23.2 Å². The lowest BCUT2D eigenvalue weighted by atomic mass is 10.2. The highest BCUT2D eigenvalue weighted by Crippen LogP contribution is 2.62. The highest BCUT2D eigenvalue weighted by Gasteiger charge is 2.35. The van der Waals surface area contributed by atoms with Crippen LogP contribution in [0.5, 0.6) is 0 Å². The maximum atomic E-state index is 10.2. The molecule has 1 aliphatic rings. The van der Waals surface area contributed by atoms with E-state index in [0.29, 0.717) is 20.7 Å². The first kappa shape index (κ1) is 14.6. The average Bonchev–Trinajstić information content (AvgIpc) is 2.66. The van der Waals surface area contributed by atoms with Crippen LogP contribution in [0.2, 0.25) is 10.0 Å². The third kappa shape index (κ3) is 2.69. The second-order valence-corrected chi connectivity index (χ2v) is 8.75. The van der Waals surface area contributed by atoms with Crippen LogP contribution in [0.1, 0.15) is 10.8 Å². The fraction of sp³-hybridized carbons (Fsp3) is 0.143. The molecule has 2 aromatic carbocycles. The Bertz CT molecular complexity index is 661. The van der Waals surface area contributed by atoms with Crippen molar-refractivity contribution >= 4 is 45.6 Å². The molecular weight excluding hydrogens is 335 g/mol. The number of fused-ring (bicyclic) bond motifs is 1. The van der Waals surface area contributed by atoms with Gasteiger partial charge in [-0.1, -0.05) is 41.4 Å². The predicted molar refractivity (Wildman–Crippen MR) is 87.5 cm³/mol. The van der Waals surface area contributed by atoms with Crippen LogP contribution in [0.15, 0.2) is 52.3 Å². The van der Waals surface area contributed by atoms with Gasteiger partial charge in [0.25, 0.3) is 0 Å². The molecule has 0 spiro atoms. The zero-order chi connectivity index (χ0) is 14.3. The molecule has 0 bridgehead atoms. The summed E-state index contributed by atoms with van der Waals surface area (Å²) in [6.45, 7) is 0. The summed E-state index contributed by atoms with van der Waals surface area (Å²) in [6.07, 6.45) is 0. The van der Waals surface area contributed by atoms with Crippen LogP contribution in [0, 0.1) is 0 Å². The van der Waals surface area contributed by atoms with E-state index >= 15 is 0 Å². The fourth-order valence-corrected chi connectivity index (χ4v) is 6.18. The van der Waals surface area contributed by atoms with Crippen LogP contribution in [-0.4, -0.2) is 14.9 Å². The smallest absolute Gasteiger partial charge is 0.0628 e. The predicted octanol–water partition coefficient (Wildman–Crippen LogP) is 5.95. The Morgan fingerprint density at radius 1 is 1.05 bits per heavy atom. The van der Waals surface area contributed by atoms with Crippen LogP contribution in [-0.2, 0) is 0 Å². The minimum absolute atomic E-state index is 0.0217. The van der Waals surface area contributed by atoms with Gasteiger partial charge in [-0.15, -0.1) is 11.8 Å². The van der Waals surface area contributed by atoms with Crippen molar-refractivity contribution in [2.75, 3.05) is 5.75 Å². The summed E-state index contributed by atoms with van der Waals surface area (Å²) in [4.78, 5) is 1.63. The van der Waals surface area contributed by atoms with E-state index in [1.165, 1.54) is 0 Å². The minimum Gasteiger partial charge on any atom is -0.295 e. The summed E-state index contributed by atoms with van der Waals surface area (Å²) < 4.78 is 20.3. The molecule has 2 nitrogen and oxygen atoms in total.